The van der Waals surface area contributed by atoms with E-state index in [9.17, 15) is 4.79 Å². The summed E-state index contributed by atoms with van der Waals surface area (Å²) in [5, 5.41) is 3.42. The van der Waals surface area contributed by atoms with Crippen molar-refractivity contribution in [3.05, 3.63) is 34.9 Å². The SMILES string of the molecule is C/C=C(C)/C(=C\C1(/C(C)=C/C)CCNCC1)CC(=O)OC. The molecule has 0 aliphatic carbocycles. The smallest absolute Gasteiger partial charge is 0.309 e. The van der Waals surface area contributed by atoms with E-state index in [4.69, 9.17) is 4.74 Å². The van der Waals surface area contributed by atoms with E-state index in [0.717, 1.165) is 37.1 Å². The molecule has 0 bridgehead atoms. The summed E-state index contributed by atoms with van der Waals surface area (Å²) in [6.07, 6.45) is 9.07. The fraction of sp³-hybridized carbons (Fsp3) is 0.611. The number of esters is 1. The predicted molar refractivity (Wildman–Crippen MR) is 88.1 cm³/mol. The lowest BCUT2D eigenvalue weighted by molar-refractivity contribution is -0.139. The molecule has 3 heteroatoms. The van der Waals surface area contributed by atoms with Crippen LogP contribution in [0.3, 0.4) is 0 Å². The lowest BCUT2D eigenvalue weighted by Crippen LogP contribution is -2.36. The van der Waals surface area contributed by atoms with Crippen molar-refractivity contribution in [1.29, 1.82) is 0 Å². The van der Waals surface area contributed by atoms with Crippen molar-refractivity contribution in [2.45, 2.75) is 47.0 Å². The molecule has 21 heavy (non-hydrogen) atoms. The Bertz CT molecular complexity index is 452. The Kier molecular flexibility index (Phi) is 6.90. The lowest BCUT2D eigenvalue weighted by atomic mass is 9.71. The van der Waals surface area contributed by atoms with Gasteiger partial charge in [-0.2, -0.15) is 0 Å². The predicted octanol–water partition coefficient (Wildman–Crippen LogP) is 3.78. The molecule has 0 atom stereocenters. The summed E-state index contributed by atoms with van der Waals surface area (Å²) in [6.45, 7) is 10.4. The van der Waals surface area contributed by atoms with E-state index < -0.39 is 0 Å². The van der Waals surface area contributed by atoms with Crippen LogP contribution in [0.5, 0.6) is 0 Å². The zero-order valence-electron chi connectivity index (χ0n) is 14.1. The normalized spacial score (nSPS) is 20.3. The molecule has 1 saturated heterocycles. The van der Waals surface area contributed by atoms with Gasteiger partial charge in [0.25, 0.3) is 0 Å². The maximum Gasteiger partial charge on any atom is 0.309 e. The van der Waals surface area contributed by atoms with Crippen LogP contribution in [-0.4, -0.2) is 26.2 Å². The van der Waals surface area contributed by atoms with Gasteiger partial charge >= 0.3 is 5.97 Å². The second kappa shape index (κ2) is 8.18. The van der Waals surface area contributed by atoms with Crippen LogP contribution in [0.4, 0.5) is 0 Å². The number of piperidine rings is 1. The highest BCUT2D eigenvalue weighted by Gasteiger charge is 2.32. The monoisotopic (exact) mass is 291 g/mol. The first-order valence-corrected chi connectivity index (χ1v) is 7.75. The maximum absolute atomic E-state index is 11.7. The van der Waals surface area contributed by atoms with Crippen molar-refractivity contribution >= 4 is 5.97 Å². The van der Waals surface area contributed by atoms with E-state index in [2.05, 4.69) is 44.3 Å². The van der Waals surface area contributed by atoms with E-state index >= 15 is 0 Å². The minimum atomic E-state index is -0.176. The molecule has 1 rings (SSSR count). The molecule has 0 amide bonds. The molecule has 1 aliphatic heterocycles. The molecule has 0 spiro atoms. The van der Waals surface area contributed by atoms with Gasteiger partial charge in [-0.3, -0.25) is 4.79 Å². The van der Waals surface area contributed by atoms with Crippen LogP contribution in [0.15, 0.2) is 34.9 Å². The van der Waals surface area contributed by atoms with E-state index in [1.54, 1.807) is 0 Å². The second-order valence-corrected chi connectivity index (χ2v) is 5.77. The molecule has 0 radical (unpaired) electrons. The van der Waals surface area contributed by atoms with E-state index in [1.807, 2.05) is 6.92 Å². The zero-order valence-corrected chi connectivity index (χ0v) is 14.1. The number of hydrogen-bond donors (Lipinski definition) is 1. The number of carbonyl (C=O) groups excluding carboxylic acids is 1. The largest absolute Gasteiger partial charge is 0.469 e. The summed E-state index contributed by atoms with van der Waals surface area (Å²) in [4.78, 5) is 11.7. The minimum Gasteiger partial charge on any atom is -0.469 e. The summed E-state index contributed by atoms with van der Waals surface area (Å²) < 4.78 is 4.85. The Morgan fingerprint density at radius 2 is 1.81 bits per heavy atom. The van der Waals surface area contributed by atoms with Gasteiger partial charge in [0.15, 0.2) is 0 Å². The van der Waals surface area contributed by atoms with Crippen LogP contribution in [0.2, 0.25) is 0 Å². The van der Waals surface area contributed by atoms with Crippen LogP contribution in [0.1, 0.15) is 47.0 Å². The number of carbonyl (C=O) groups is 1. The van der Waals surface area contributed by atoms with Gasteiger partial charge in [-0.15, -0.1) is 0 Å². The topological polar surface area (TPSA) is 38.3 Å². The molecular weight excluding hydrogens is 262 g/mol. The summed E-state index contributed by atoms with van der Waals surface area (Å²) in [7, 11) is 1.45. The van der Waals surface area contributed by atoms with Gasteiger partial charge in [-0.25, -0.2) is 0 Å². The highest BCUT2D eigenvalue weighted by atomic mass is 16.5. The minimum absolute atomic E-state index is 0.0631. The molecule has 1 N–H and O–H groups in total. The quantitative estimate of drug-likeness (QED) is 0.476. The lowest BCUT2D eigenvalue weighted by Gasteiger charge is -2.37. The number of ether oxygens (including phenoxy) is 1. The average Bonchev–Trinajstić information content (AvgIpc) is 2.53. The van der Waals surface area contributed by atoms with Crippen LogP contribution in [-0.2, 0) is 9.53 Å². The first-order chi connectivity index (χ1) is 9.99. The molecule has 1 fully saturated rings. The summed E-state index contributed by atoms with van der Waals surface area (Å²) in [5.41, 5.74) is 3.69. The van der Waals surface area contributed by atoms with E-state index in [0.29, 0.717) is 6.42 Å². The van der Waals surface area contributed by atoms with Crippen LogP contribution in [0, 0.1) is 5.41 Å². The molecule has 0 unspecified atom stereocenters. The molecular formula is C18H29NO2. The third kappa shape index (κ3) is 4.57. The molecule has 118 valence electrons. The number of rotatable bonds is 5. The maximum atomic E-state index is 11.7. The van der Waals surface area contributed by atoms with Crippen molar-refractivity contribution in [3.8, 4) is 0 Å². The van der Waals surface area contributed by atoms with Crippen molar-refractivity contribution < 1.29 is 9.53 Å². The number of methoxy groups -OCH3 is 1. The third-order valence-electron chi connectivity index (χ3n) is 4.67. The average molecular weight is 291 g/mol. The number of allylic oxidation sites excluding steroid dienone is 5. The van der Waals surface area contributed by atoms with E-state index in [1.165, 1.54) is 12.7 Å². The van der Waals surface area contributed by atoms with Crippen molar-refractivity contribution in [3.63, 3.8) is 0 Å². The summed E-state index contributed by atoms with van der Waals surface area (Å²) in [5.74, 6) is -0.176. The zero-order chi connectivity index (χ0) is 15.9. The second-order valence-electron chi connectivity index (χ2n) is 5.77. The Balaban J connectivity index is 3.21. The number of hydrogen-bond acceptors (Lipinski definition) is 3. The Morgan fingerprint density at radius 1 is 1.19 bits per heavy atom. The highest BCUT2D eigenvalue weighted by Crippen LogP contribution is 2.40. The molecule has 1 aliphatic rings. The van der Waals surface area contributed by atoms with Crippen LogP contribution >= 0.6 is 0 Å². The van der Waals surface area contributed by atoms with Gasteiger partial charge in [-0.05, 0) is 59.2 Å². The summed E-state index contributed by atoms with van der Waals surface area (Å²) in [6, 6.07) is 0. The van der Waals surface area contributed by atoms with Gasteiger partial charge in [0.2, 0.25) is 0 Å². The number of nitrogens with one attached hydrogen (secondary N) is 1. The molecule has 0 aromatic heterocycles. The molecule has 0 aromatic carbocycles. The summed E-state index contributed by atoms with van der Waals surface area (Å²) >= 11 is 0. The van der Waals surface area contributed by atoms with Crippen molar-refractivity contribution in [2.75, 3.05) is 20.2 Å². The van der Waals surface area contributed by atoms with Gasteiger partial charge in [0, 0.05) is 5.41 Å². The molecule has 0 saturated carbocycles. The van der Waals surface area contributed by atoms with Gasteiger partial charge < -0.3 is 10.1 Å². The van der Waals surface area contributed by atoms with Gasteiger partial charge in [0.1, 0.15) is 0 Å². The van der Waals surface area contributed by atoms with Crippen LogP contribution in [0.25, 0.3) is 0 Å². The Hall–Kier alpha value is -1.35. The standard InChI is InChI=1S/C18H29NO2/c1-6-14(3)16(12-17(20)21-5)13-18(15(4)7-2)8-10-19-11-9-18/h6-7,13,19H,8-12H2,1-5H3/b14-6+,15-7+,16-13-. The Labute approximate surface area is 129 Å². The fourth-order valence-corrected chi connectivity index (χ4v) is 2.86. The molecule has 1 heterocycles. The molecule has 0 aromatic rings. The fourth-order valence-electron chi connectivity index (χ4n) is 2.86. The third-order valence-corrected chi connectivity index (χ3v) is 4.67. The first kappa shape index (κ1) is 17.7. The molecule has 3 nitrogen and oxygen atoms in total. The Morgan fingerprint density at radius 3 is 2.29 bits per heavy atom. The highest BCUT2D eigenvalue weighted by molar-refractivity contribution is 5.73. The van der Waals surface area contributed by atoms with E-state index in [-0.39, 0.29) is 11.4 Å². The van der Waals surface area contributed by atoms with Crippen LogP contribution < -0.4 is 5.32 Å². The van der Waals surface area contributed by atoms with Crippen molar-refractivity contribution in [2.24, 2.45) is 5.41 Å². The first-order valence-electron chi connectivity index (χ1n) is 7.75. The van der Waals surface area contributed by atoms with Gasteiger partial charge in [0.05, 0.1) is 13.5 Å². The van der Waals surface area contributed by atoms with Gasteiger partial charge in [-0.1, -0.05) is 29.4 Å². The van der Waals surface area contributed by atoms with Crippen molar-refractivity contribution in [1.82, 2.24) is 5.32 Å².